The smallest absolute Gasteiger partial charge is 0.272 e. The van der Waals surface area contributed by atoms with Crippen LogP contribution in [0.5, 0.6) is 11.5 Å². The molecular formula is C22H25N5O4S. The van der Waals surface area contributed by atoms with E-state index in [2.05, 4.69) is 29.4 Å². The van der Waals surface area contributed by atoms with Crippen LogP contribution in [0, 0.1) is 5.92 Å². The van der Waals surface area contributed by atoms with E-state index in [0.717, 1.165) is 5.52 Å². The molecule has 1 amide bonds. The minimum Gasteiger partial charge on any atom is -0.497 e. The van der Waals surface area contributed by atoms with Gasteiger partial charge in [-0.15, -0.1) is 21.5 Å². The van der Waals surface area contributed by atoms with Gasteiger partial charge in [0.15, 0.2) is 0 Å². The molecule has 0 atom stereocenters. The molecule has 1 N–H and O–H groups in total. The number of carbonyl (C=O) groups excluding carboxylic acids is 1. The third kappa shape index (κ3) is 4.18. The van der Waals surface area contributed by atoms with Crippen molar-refractivity contribution in [3.8, 4) is 11.5 Å². The third-order valence-electron chi connectivity index (χ3n) is 5.04. The van der Waals surface area contributed by atoms with Crippen LogP contribution in [0.3, 0.4) is 0 Å². The minimum atomic E-state index is -0.172. The van der Waals surface area contributed by atoms with Crippen molar-refractivity contribution in [2.24, 2.45) is 5.92 Å². The van der Waals surface area contributed by atoms with Crippen molar-refractivity contribution in [1.82, 2.24) is 19.2 Å². The van der Waals surface area contributed by atoms with E-state index in [4.69, 9.17) is 9.47 Å². The molecule has 3 aromatic heterocycles. The van der Waals surface area contributed by atoms with Crippen LogP contribution in [0.4, 0.5) is 5.69 Å². The Bertz CT molecular complexity index is 1320. The van der Waals surface area contributed by atoms with Gasteiger partial charge < -0.3 is 14.8 Å². The molecule has 4 rings (SSSR count). The number of ether oxygens (including phenoxy) is 2. The summed E-state index contributed by atoms with van der Waals surface area (Å²) >= 11 is 1.40. The number of hydrogen-bond acceptors (Lipinski definition) is 7. The molecule has 168 valence electrons. The first-order valence-corrected chi connectivity index (χ1v) is 11.2. The van der Waals surface area contributed by atoms with Crippen LogP contribution in [0.1, 0.15) is 26.1 Å². The number of carbonyl (C=O) groups is 1. The zero-order valence-electron chi connectivity index (χ0n) is 18.4. The maximum atomic E-state index is 12.9. The summed E-state index contributed by atoms with van der Waals surface area (Å²) in [6.45, 7) is 4.65. The first kappa shape index (κ1) is 21.8. The van der Waals surface area contributed by atoms with Crippen molar-refractivity contribution in [1.29, 1.82) is 0 Å². The molecule has 0 unspecified atom stereocenters. The quantitative estimate of drug-likeness (QED) is 0.437. The van der Waals surface area contributed by atoms with Crippen LogP contribution in [0.15, 0.2) is 34.4 Å². The number of aromatic nitrogens is 4. The van der Waals surface area contributed by atoms with Crippen molar-refractivity contribution in [2.45, 2.75) is 33.2 Å². The number of rotatable bonds is 8. The highest BCUT2D eigenvalue weighted by Crippen LogP contribution is 2.26. The van der Waals surface area contributed by atoms with E-state index in [1.165, 1.54) is 11.3 Å². The standard InChI is InChI=1S/C22H25N5O4S/c1-13(2)12-26-21(29)20-17(7-8-32-20)27-18(24-25-22(26)27)5-6-19(28)23-14-9-15(30-3)11-16(10-14)31-4/h7-11,13H,5-6,12H2,1-4H3,(H,23,28). The number of amides is 1. The fourth-order valence-electron chi connectivity index (χ4n) is 3.60. The molecule has 3 heterocycles. The summed E-state index contributed by atoms with van der Waals surface area (Å²) in [6, 6.07) is 7.09. The Balaban J connectivity index is 1.60. The summed E-state index contributed by atoms with van der Waals surface area (Å²) in [5.41, 5.74) is 1.30. The summed E-state index contributed by atoms with van der Waals surface area (Å²) in [7, 11) is 3.11. The van der Waals surface area contributed by atoms with E-state index in [0.29, 0.717) is 46.5 Å². The van der Waals surface area contributed by atoms with Gasteiger partial charge in [-0.2, -0.15) is 0 Å². The highest BCUT2D eigenvalue weighted by molar-refractivity contribution is 7.17. The molecule has 9 nitrogen and oxygen atoms in total. The van der Waals surface area contributed by atoms with Crippen molar-refractivity contribution in [2.75, 3.05) is 19.5 Å². The van der Waals surface area contributed by atoms with E-state index < -0.39 is 0 Å². The Morgan fingerprint density at radius 3 is 2.53 bits per heavy atom. The lowest BCUT2D eigenvalue weighted by molar-refractivity contribution is -0.116. The van der Waals surface area contributed by atoms with Gasteiger partial charge in [-0.3, -0.25) is 18.6 Å². The zero-order chi connectivity index (χ0) is 22.8. The number of methoxy groups -OCH3 is 2. The molecular weight excluding hydrogens is 430 g/mol. The first-order valence-electron chi connectivity index (χ1n) is 10.3. The Kier molecular flexibility index (Phi) is 6.13. The second-order valence-corrected chi connectivity index (χ2v) is 8.76. The molecule has 0 spiro atoms. The van der Waals surface area contributed by atoms with Crippen LogP contribution >= 0.6 is 11.3 Å². The first-order chi connectivity index (χ1) is 15.4. The van der Waals surface area contributed by atoms with E-state index >= 15 is 0 Å². The zero-order valence-corrected chi connectivity index (χ0v) is 19.2. The second-order valence-electron chi connectivity index (χ2n) is 7.85. The summed E-state index contributed by atoms with van der Waals surface area (Å²) < 4.78 is 14.7. The molecule has 0 aliphatic carbocycles. The molecule has 10 heteroatoms. The highest BCUT2D eigenvalue weighted by atomic mass is 32.1. The number of hydrogen-bond donors (Lipinski definition) is 1. The molecule has 4 aromatic rings. The topological polar surface area (TPSA) is 99.7 Å². The van der Waals surface area contributed by atoms with Crippen LogP contribution in [-0.4, -0.2) is 39.3 Å². The molecule has 0 fully saturated rings. The molecule has 1 aromatic carbocycles. The summed E-state index contributed by atoms with van der Waals surface area (Å²) in [6.07, 6.45) is 0.578. The van der Waals surface area contributed by atoms with Crippen LogP contribution < -0.4 is 20.3 Å². The number of nitrogens with one attached hydrogen (secondary N) is 1. The molecule has 32 heavy (non-hydrogen) atoms. The van der Waals surface area contributed by atoms with Crippen LogP contribution in [-0.2, 0) is 17.8 Å². The lowest BCUT2D eigenvalue weighted by atomic mass is 10.2. The number of benzene rings is 1. The Labute approximate surface area is 188 Å². The number of aryl methyl sites for hydroxylation is 1. The van der Waals surface area contributed by atoms with Crippen LogP contribution in [0.25, 0.3) is 16.0 Å². The van der Waals surface area contributed by atoms with Gasteiger partial charge in [0.25, 0.3) is 5.56 Å². The molecule has 0 radical (unpaired) electrons. The Morgan fingerprint density at radius 2 is 1.88 bits per heavy atom. The molecule has 0 aliphatic heterocycles. The molecule has 0 aliphatic rings. The van der Waals surface area contributed by atoms with Crippen molar-refractivity contribution < 1.29 is 14.3 Å². The lowest BCUT2D eigenvalue weighted by Gasteiger charge is -2.11. The second kappa shape index (κ2) is 8.99. The SMILES string of the molecule is COc1cc(NC(=O)CCc2nnc3n(CC(C)C)c(=O)c4sccc4n23)cc(OC)c1. The predicted molar refractivity (Wildman–Crippen MR) is 124 cm³/mol. The highest BCUT2D eigenvalue weighted by Gasteiger charge is 2.18. The van der Waals surface area contributed by atoms with Gasteiger partial charge in [-0.25, -0.2) is 0 Å². The normalized spacial score (nSPS) is 11.4. The average molecular weight is 456 g/mol. The van der Waals surface area contributed by atoms with E-state index in [1.807, 2.05) is 15.8 Å². The predicted octanol–water partition coefficient (Wildman–Crippen LogP) is 3.35. The van der Waals surface area contributed by atoms with Gasteiger partial charge in [0.05, 0.1) is 19.7 Å². The maximum Gasteiger partial charge on any atom is 0.272 e. The third-order valence-corrected chi connectivity index (χ3v) is 5.93. The van der Waals surface area contributed by atoms with Crippen molar-refractivity contribution in [3.63, 3.8) is 0 Å². The maximum absolute atomic E-state index is 12.9. The number of fused-ring (bicyclic) bond motifs is 3. The van der Waals surface area contributed by atoms with Gasteiger partial charge in [-0.05, 0) is 17.4 Å². The molecule has 0 bridgehead atoms. The molecule has 0 saturated carbocycles. The molecule has 0 saturated heterocycles. The van der Waals surface area contributed by atoms with Crippen LogP contribution in [0.2, 0.25) is 0 Å². The van der Waals surface area contributed by atoms with E-state index in [9.17, 15) is 9.59 Å². The van der Waals surface area contributed by atoms with Gasteiger partial charge >= 0.3 is 0 Å². The van der Waals surface area contributed by atoms with Gasteiger partial charge in [0.2, 0.25) is 11.7 Å². The van der Waals surface area contributed by atoms with Gasteiger partial charge in [-0.1, -0.05) is 13.8 Å². The lowest BCUT2D eigenvalue weighted by Crippen LogP contribution is -2.24. The summed E-state index contributed by atoms with van der Waals surface area (Å²) in [5, 5.41) is 13.3. The van der Waals surface area contributed by atoms with Crippen molar-refractivity contribution in [3.05, 3.63) is 45.8 Å². The largest absolute Gasteiger partial charge is 0.497 e. The fraction of sp³-hybridized carbons (Fsp3) is 0.364. The van der Waals surface area contributed by atoms with Gasteiger partial charge in [0, 0.05) is 43.3 Å². The average Bonchev–Trinajstić information content (AvgIpc) is 3.41. The van der Waals surface area contributed by atoms with Gasteiger partial charge in [0.1, 0.15) is 22.0 Å². The summed E-state index contributed by atoms with van der Waals surface area (Å²) in [5.74, 6) is 2.42. The number of nitrogens with zero attached hydrogens (tertiary/aromatic N) is 4. The Morgan fingerprint density at radius 1 is 1.16 bits per heavy atom. The Hall–Kier alpha value is -3.40. The number of thiophene rings is 1. The van der Waals surface area contributed by atoms with E-state index in [1.54, 1.807) is 37.0 Å². The van der Waals surface area contributed by atoms with Crippen molar-refractivity contribution >= 4 is 38.9 Å². The minimum absolute atomic E-state index is 0.0557. The fourth-order valence-corrected chi connectivity index (χ4v) is 4.42. The van der Waals surface area contributed by atoms with E-state index in [-0.39, 0.29) is 23.8 Å². The monoisotopic (exact) mass is 455 g/mol. The summed E-state index contributed by atoms with van der Waals surface area (Å²) in [4.78, 5) is 25.5. The number of anilines is 1.